The molecule has 2 aliphatic carbocycles. The second-order valence-electron chi connectivity index (χ2n) is 10.7. The standard InChI is InChI=1S/C24H27F6NO9S2/c1-20(7-3-4-8-20)39-18(33)15-11-14(12-16(13-15)19(34)40-21(2)9-5-6-10-21)17(32)31-42(37,38)24(29,30)22(25,26)23(27,28)41(35)36/h11-13H,3-10H2,1-2H3,(H,31,32)(H,35,36). The van der Waals surface area contributed by atoms with Crippen molar-refractivity contribution < 1.29 is 67.4 Å². The van der Waals surface area contributed by atoms with Crippen LogP contribution in [0.25, 0.3) is 0 Å². The Hall–Kier alpha value is -2.73. The van der Waals surface area contributed by atoms with Gasteiger partial charge in [0.15, 0.2) is 0 Å². The number of hydrogen-bond acceptors (Lipinski definition) is 8. The summed E-state index contributed by atoms with van der Waals surface area (Å²) >= 11 is -4.95. The predicted molar refractivity (Wildman–Crippen MR) is 133 cm³/mol. The number of carbonyl (C=O) groups is 3. The van der Waals surface area contributed by atoms with Gasteiger partial charge in [0, 0.05) is 5.56 Å². The largest absolute Gasteiger partial charge is 0.456 e. The first-order chi connectivity index (χ1) is 19.1. The summed E-state index contributed by atoms with van der Waals surface area (Å²) in [5.41, 5.74) is -3.93. The lowest BCUT2D eigenvalue weighted by Gasteiger charge is -2.30. The molecule has 0 aromatic heterocycles. The van der Waals surface area contributed by atoms with E-state index in [1.54, 1.807) is 13.8 Å². The minimum Gasteiger partial charge on any atom is -0.456 e. The zero-order chi connectivity index (χ0) is 31.9. The minimum absolute atomic E-state index is 0.469. The molecule has 236 valence electrons. The molecule has 1 aromatic rings. The van der Waals surface area contributed by atoms with Crippen LogP contribution in [0.2, 0.25) is 0 Å². The number of hydrogen-bond donors (Lipinski definition) is 2. The molecule has 1 aromatic carbocycles. The average molecular weight is 652 g/mol. The number of carbonyl (C=O) groups excluding carboxylic acids is 3. The van der Waals surface area contributed by atoms with Crippen LogP contribution in [0, 0.1) is 0 Å². The molecule has 0 bridgehead atoms. The van der Waals surface area contributed by atoms with Crippen LogP contribution >= 0.6 is 0 Å². The molecule has 2 fully saturated rings. The van der Waals surface area contributed by atoms with E-state index in [2.05, 4.69) is 0 Å². The summed E-state index contributed by atoms with van der Waals surface area (Å²) in [5.74, 6) is -11.3. The molecular weight excluding hydrogens is 624 g/mol. The molecule has 1 atom stereocenters. The van der Waals surface area contributed by atoms with Gasteiger partial charge in [0.25, 0.3) is 5.91 Å². The van der Waals surface area contributed by atoms with Crippen LogP contribution < -0.4 is 4.72 Å². The van der Waals surface area contributed by atoms with Gasteiger partial charge in [0.2, 0.25) is 11.1 Å². The number of rotatable bonds is 10. The lowest BCUT2D eigenvalue weighted by molar-refractivity contribution is -0.244. The van der Waals surface area contributed by atoms with E-state index in [1.165, 1.54) is 0 Å². The third-order valence-corrected chi connectivity index (χ3v) is 9.26. The fourth-order valence-corrected chi connectivity index (χ4v) is 6.07. The van der Waals surface area contributed by atoms with Crippen molar-refractivity contribution in [3.05, 3.63) is 34.9 Å². The first-order valence-corrected chi connectivity index (χ1v) is 15.1. The first kappa shape index (κ1) is 33.8. The number of benzene rings is 1. The molecule has 0 radical (unpaired) electrons. The number of ether oxygens (including phenoxy) is 2. The van der Waals surface area contributed by atoms with E-state index in [0.717, 1.165) is 31.7 Å². The molecule has 0 aliphatic heterocycles. The number of halogens is 6. The Morgan fingerprint density at radius 2 is 1.17 bits per heavy atom. The Balaban J connectivity index is 2.00. The maximum absolute atomic E-state index is 14.2. The molecule has 1 amide bonds. The smallest absolute Gasteiger partial charge is 0.433 e. The molecule has 2 saturated carbocycles. The van der Waals surface area contributed by atoms with Crippen LogP contribution in [0.4, 0.5) is 26.3 Å². The van der Waals surface area contributed by atoms with E-state index in [4.69, 9.17) is 14.0 Å². The highest BCUT2D eigenvalue weighted by Gasteiger charge is 2.80. The Bertz CT molecular complexity index is 1330. The fraction of sp³-hybridized carbons (Fsp3) is 0.625. The molecule has 2 N–H and O–H groups in total. The van der Waals surface area contributed by atoms with Gasteiger partial charge in [-0.1, -0.05) is 0 Å². The van der Waals surface area contributed by atoms with Gasteiger partial charge < -0.3 is 14.0 Å². The molecule has 1 unspecified atom stereocenters. The van der Waals surface area contributed by atoms with Crippen molar-refractivity contribution >= 4 is 38.9 Å². The van der Waals surface area contributed by atoms with E-state index in [0.29, 0.717) is 42.5 Å². The SMILES string of the molecule is CC1(OC(=O)c2cc(C(=O)NS(=O)(=O)C(F)(F)C(F)(F)C(F)(F)S(=O)O)cc(C(=O)OC3(C)CCCC3)c2)CCCC1. The molecule has 0 spiro atoms. The third kappa shape index (κ3) is 6.44. The summed E-state index contributed by atoms with van der Waals surface area (Å²) in [6, 6.07) is 2.17. The predicted octanol–water partition coefficient (Wildman–Crippen LogP) is 4.77. The highest BCUT2D eigenvalue weighted by Crippen LogP contribution is 2.49. The second kappa shape index (κ2) is 11.4. The molecule has 0 saturated heterocycles. The van der Waals surface area contributed by atoms with E-state index in [1.807, 2.05) is 0 Å². The van der Waals surface area contributed by atoms with Crippen LogP contribution in [-0.4, -0.2) is 62.7 Å². The molecule has 10 nitrogen and oxygen atoms in total. The fourth-order valence-electron chi connectivity index (χ4n) is 4.70. The van der Waals surface area contributed by atoms with Crippen LogP contribution in [-0.2, 0) is 30.6 Å². The van der Waals surface area contributed by atoms with Gasteiger partial charge >= 0.3 is 38.4 Å². The van der Waals surface area contributed by atoms with Crippen molar-refractivity contribution in [1.82, 2.24) is 4.72 Å². The van der Waals surface area contributed by atoms with Crippen molar-refractivity contribution in [3.8, 4) is 0 Å². The van der Waals surface area contributed by atoms with Gasteiger partial charge in [-0.25, -0.2) is 18.5 Å². The van der Waals surface area contributed by atoms with Gasteiger partial charge in [-0.3, -0.25) is 4.79 Å². The van der Waals surface area contributed by atoms with E-state index < -0.39 is 83.3 Å². The van der Waals surface area contributed by atoms with Gasteiger partial charge in [-0.2, -0.15) is 34.8 Å². The Morgan fingerprint density at radius 3 is 1.52 bits per heavy atom. The summed E-state index contributed by atoms with van der Waals surface area (Å²) in [6.45, 7) is 3.24. The van der Waals surface area contributed by atoms with Crippen LogP contribution in [0.5, 0.6) is 0 Å². The topological polar surface area (TPSA) is 153 Å². The quantitative estimate of drug-likeness (QED) is 0.207. The van der Waals surface area contributed by atoms with Crippen molar-refractivity contribution in [2.45, 2.75) is 92.8 Å². The summed E-state index contributed by atoms with van der Waals surface area (Å²) in [6.07, 6.45) is 4.77. The maximum atomic E-state index is 14.2. The summed E-state index contributed by atoms with van der Waals surface area (Å²) in [4.78, 5) is 38.6. The molecule has 3 rings (SSSR count). The van der Waals surface area contributed by atoms with Gasteiger partial charge in [-0.15, -0.1) is 0 Å². The number of esters is 2. The second-order valence-corrected chi connectivity index (χ2v) is 13.4. The molecule has 18 heteroatoms. The highest BCUT2D eigenvalue weighted by atomic mass is 32.2. The lowest BCUT2D eigenvalue weighted by atomic mass is 10.0. The van der Waals surface area contributed by atoms with Crippen molar-refractivity contribution in [1.29, 1.82) is 0 Å². The zero-order valence-corrected chi connectivity index (χ0v) is 23.8. The van der Waals surface area contributed by atoms with Crippen LogP contribution in [0.1, 0.15) is 96.3 Å². The number of alkyl halides is 6. The highest BCUT2D eigenvalue weighted by molar-refractivity contribution is 7.91. The van der Waals surface area contributed by atoms with Crippen molar-refractivity contribution in [3.63, 3.8) is 0 Å². The Labute approximate surface area is 238 Å². The van der Waals surface area contributed by atoms with Gasteiger partial charge in [0.1, 0.15) is 11.2 Å². The summed E-state index contributed by atoms with van der Waals surface area (Å²) < 4.78 is 138. The van der Waals surface area contributed by atoms with E-state index in [-0.39, 0.29) is 0 Å². The summed E-state index contributed by atoms with van der Waals surface area (Å²) in [5, 5.41) is -13.3. The lowest BCUT2D eigenvalue weighted by Crippen LogP contribution is -2.62. The summed E-state index contributed by atoms with van der Waals surface area (Å²) in [7, 11) is -7.05. The molecule has 2 aliphatic rings. The van der Waals surface area contributed by atoms with Crippen molar-refractivity contribution in [2.75, 3.05) is 0 Å². The Kier molecular flexibility index (Phi) is 9.17. The van der Waals surface area contributed by atoms with Gasteiger partial charge in [-0.05, 0) is 83.4 Å². The van der Waals surface area contributed by atoms with Crippen LogP contribution in [0.15, 0.2) is 18.2 Å². The number of sulfonamides is 1. The molecule has 42 heavy (non-hydrogen) atoms. The van der Waals surface area contributed by atoms with Crippen LogP contribution in [0.3, 0.4) is 0 Å². The zero-order valence-electron chi connectivity index (χ0n) is 22.2. The normalized spacial score (nSPS) is 19.6. The maximum Gasteiger partial charge on any atom is 0.433 e. The molecular formula is C24H27F6NO9S2. The molecule has 0 heterocycles. The van der Waals surface area contributed by atoms with Gasteiger partial charge in [0.05, 0.1) is 11.1 Å². The Morgan fingerprint density at radius 1 is 0.810 bits per heavy atom. The minimum atomic E-state index is -7.05. The van der Waals surface area contributed by atoms with Crippen molar-refractivity contribution in [2.24, 2.45) is 0 Å². The van der Waals surface area contributed by atoms with E-state index in [9.17, 15) is 53.4 Å². The number of amides is 1. The monoisotopic (exact) mass is 651 g/mol. The number of nitrogens with one attached hydrogen (secondary N) is 1. The average Bonchev–Trinajstić information content (AvgIpc) is 3.50. The van der Waals surface area contributed by atoms with E-state index >= 15 is 0 Å². The first-order valence-electron chi connectivity index (χ1n) is 12.5. The third-order valence-electron chi connectivity index (χ3n) is 7.18.